The van der Waals surface area contributed by atoms with Gasteiger partial charge in [-0.3, -0.25) is 4.98 Å². The molecule has 2 N–H and O–H groups in total. The summed E-state index contributed by atoms with van der Waals surface area (Å²) in [6.45, 7) is 0. The average molecular weight is 235 g/mol. The van der Waals surface area contributed by atoms with E-state index in [1.807, 2.05) is 36.5 Å². The molecular weight excluding hydrogens is 222 g/mol. The summed E-state index contributed by atoms with van der Waals surface area (Å²) in [5.41, 5.74) is 9.15. The Balaban J connectivity index is 2.05. The third kappa shape index (κ3) is 2.02. The molecule has 0 saturated carbocycles. The predicted octanol–water partition coefficient (Wildman–Crippen LogP) is 2.80. The maximum Gasteiger partial charge on any atom is 0.123 e. The van der Waals surface area contributed by atoms with Gasteiger partial charge >= 0.3 is 0 Å². The molecule has 1 aromatic carbocycles. The van der Waals surface area contributed by atoms with E-state index in [0.29, 0.717) is 5.82 Å². The van der Waals surface area contributed by atoms with Gasteiger partial charge < -0.3 is 5.73 Å². The summed E-state index contributed by atoms with van der Waals surface area (Å²) in [5, 5.41) is 1.19. The van der Waals surface area contributed by atoms with Crippen molar-refractivity contribution < 1.29 is 0 Å². The van der Waals surface area contributed by atoms with E-state index in [0.717, 1.165) is 11.9 Å². The fourth-order valence-electron chi connectivity index (χ4n) is 2.15. The molecule has 18 heavy (non-hydrogen) atoms. The van der Waals surface area contributed by atoms with Crippen LogP contribution in [0.5, 0.6) is 0 Å². The molecule has 0 unspecified atom stereocenters. The second-order valence-electron chi connectivity index (χ2n) is 4.25. The van der Waals surface area contributed by atoms with Crippen LogP contribution in [0.25, 0.3) is 10.9 Å². The number of fused-ring (bicyclic) bond motifs is 1. The number of hydrogen-bond donors (Lipinski definition) is 1. The van der Waals surface area contributed by atoms with Gasteiger partial charge in [-0.15, -0.1) is 0 Å². The van der Waals surface area contributed by atoms with Crippen molar-refractivity contribution in [2.75, 3.05) is 5.73 Å². The van der Waals surface area contributed by atoms with E-state index in [1.54, 1.807) is 6.20 Å². The van der Waals surface area contributed by atoms with Crippen molar-refractivity contribution in [2.45, 2.75) is 6.42 Å². The lowest BCUT2D eigenvalue weighted by Gasteiger charge is -2.06. The van der Waals surface area contributed by atoms with Crippen molar-refractivity contribution in [2.24, 2.45) is 0 Å². The Morgan fingerprint density at radius 3 is 2.78 bits per heavy atom. The largest absolute Gasteiger partial charge is 0.384 e. The molecule has 2 heterocycles. The van der Waals surface area contributed by atoms with Crippen molar-refractivity contribution in [1.82, 2.24) is 9.97 Å². The van der Waals surface area contributed by atoms with Gasteiger partial charge in [-0.25, -0.2) is 4.98 Å². The standard InChI is InChI=1S/C15H13N3/c16-15-10-11(6-8-18-15)9-12-3-1-5-14-13(12)4-2-7-17-14/h1-8,10H,9H2,(H2,16,18). The van der Waals surface area contributed by atoms with Crippen LogP contribution < -0.4 is 5.73 Å². The van der Waals surface area contributed by atoms with Crippen LogP contribution in [0, 0.1) is 0 Å². The highest BCUT2D eigenvalue weighted by atomic mass is 14.8. The molecule has 2 aromatic heterocycles. The van der Waals surface area contributed by atoms with E-state index in [4.69, 9.17) is 5.73 Å². The van der Waals surface area contributed by atoms with Gasteiger partial charge in [-0.1, -0.05) is 18.2 Å². The molecule has 0 amide bonds. The fourth-order valence-corrected chi connectivity index (χ4v) is 2.15. The van der Waals surface area contributed by atoms with E-state index in [1.165, 1.54) is 16.5 Å². The van der Waals surface area contributed by atoms with Crippen LogP contribution in [0.2, 0.25) is 0 Å². The van der Waals surface area contributed by atoms with Gasteiger partial charge in [0.25, 0.3) is 0 Å². The number of pyridine rings is 2. The lowest BCUT2D eigenvalue weighted by molar-refractivity contribution is 1.18. The molecule has 3 heteroatoms. The molecule has 0 radical (unpaired) electrons. The molecule has 0 aliphatic carbocycles. The SMILES string of the molecule is Nc1cc(Cc2cccc3ncccc23)ccn1. The van der Waals surface area contributed by atoms with Crippen molar-refractivity contribution in [3.63, 3.8) is 0 Å². The Morgan fingerprint density at radius 2 is 1.89 bits per heavy atom. The normalized spacial score (nSPS) is 10.7. The van der Waals surface area contributed by atoms with E-state index in [2.05, 4.69) is 22.1 Å². The van der Waals surface area contributed by atoms with Crippen LogP contribution in [0.15, 0.2) is 54.9 Å². The molecule has 0 aliphatic rings. The lowest BCUT2D eigenvalue weighted by atomic mass is 10.0. The molecule has 0 bridgehead atoms. The zero-order valence-corrected chi connectivity index (χ0v) is 9.88. The third-order valence-corrected chi connectivity index (χ3v) is 2.98. The van der Waals surface area contributed by atoms with Crippen LogP contribution in [0.3, 0.4) is 0 Å². The second kappa shape index (κ2) is 4.45. The van der Waals surface area contributed by atoms with Gasteiger partial charge in [0, 0.05) is 17.8 Å². The molecule has 3 nitrogen and oxygen atoms in total. The van der Waals surface area contributed by atoms with E-state index < -0.39 is 0 Å². The highest BCUT2D eigenvalue weighted by Gasteiger charge is 2.02. The summed E-state index contributed by atoms with van der Waals surface area (Å²) in [6, 6.07) is 14.2. The van der Waals surface area contributed by atoms with Gasteiger partial charge in [-0.2, -0.15) is 0 Å². The monoisotopic (exact) mass is 235 g/mol. The Labute approximate surface area is 105 Å². The molecule has 88 valence electrons. The topological polar surface area (TPSA) is 51.8 Å². The van der Waals surface area contributed by atoms with Gasteiger partial charge in [0.05, 0.1) is 5.52 Å². The average Bonchev–Trinajstić information content (AvgIpc) is 2.39. The van der Waals surface area contributed by atoms with E-state index >= 15 is 0 Å². The molecule has 3 aromatic rings. The first-order valence-electron chi connectivity index (χ1n) is 5.86. The number of nitrogens with zero attached hydrogens (tertiary/aromatic N) is 2. The summed E-state index contributed by atoms with van der Waals surface area (Å²) >= 11 is 0. The number of rotatable bonds is 2. The molecule has 0 aliphatic heterocycles. The minimum atomic E-state index is 0.561. The Morgan fingerprint density at radius 1 is 0.944 bits per heavy atom. The van der Waals surface area contributed by atoms with Crippen LogP contribution in [0.4, 0.5) is 5.82 Å². The highest BCUT2D eigenvalue weighted by Crippen LogP contribution is 2.20. The number of benzene rings is 1. The molecule has 3 rings (SSSR count). The highest BCUT2D eigenvalue weighted by molar-refractivity contribution is 5.82. The first kappa shape index (κ1) is 10.7. The quantitative estimate of drug-likeness (QED) is 0.743. The first-order valence-corrected chi connectivity index (χ1v) is 5.86. The minimum Gasteiger partial charge on any atom is -0.384 e. The van der Waals surface area contributed by atoms with E-state index in [-0.39, 0.29) is 0 Å². The summed E-state index contributed by atoms with van der Waals surface area (Å²) in [6.07, 6.45) is 4.40. The molecule has 0 atom stereocenters. The van der Waals surface area contributed by atoms with Crippen LogP contribution >= 0.6 is 0 Å². The molecule has 0 fully saturated rings. The summed E-state index contributed by atoms with van der Waals surface area (Å²) in [4.78, 5) is 8.37. The third-order valence-electron chi connectivity index (χ3n) is 2.98. The minimum absolute atomic E-state index is 0.561. The molecular formula is C15H13N3. The summed E-state index contributed by atoms with van der Waals surface area (Å²) in [5.74, 6) is 0.561. The number of nitrogens with two attached hydrogens (primary N) is 1. The van der Waals surface area contributed by atoms with Gasteiger partial charge in [0.2, 0.25) is 0 Å². The smallest absolute Gasteiger partial charge is 0.123 e. The van der Waals surface area contributed by atoms with Crippen molar-refractivity contribution >= 4 is 16.7 Å². The van der Waals surface area contributed by atoms with Crippen molar-refractivity contribution in [3.8, 4) is 0 Å². The number of aromatic nitrogens is 2. The maximum atomic E-state index is 5.70. The summed E-state index contributed by atoms with van der Waals surface area (Å²) in [7, 11) is 0. The van der Waals surface area contributed by atoms with Crippen LogP contribution in [0.1, 0.15) is 11.1 Å². The molecule has 0 spiro atoms. The van der Waals surface area contributed by atoms with Gasteiger partial charge in [0.1, 0.15) is 5.82 Å². The van der Waals surface area contributed by atoms with Crippen molar-refractivity contribution in [1.29, 1.82) is 0 Å². The Kier molecular flexibility index (Phi) is 2.65. The molecule has 0 saturated heterocycles. The Bertz CT molecular complexity index is 687. The predicted molar refractivity (Wildman–Crippen MR) is 73.2 cm³/mol. The van der Waals surface area contributed by atoms with Gasteiger partial charge in [0.15, 0.2) is 0 Å². The fraction of sp³-hybridized carbons (Fsp3) is 0.0667. The Hall–Kier alpha value is -2.42. The van der Waals surface area contributed by atoms with Crippen LogP contribution in [-0.4, -0.2) is 9.97 Å². The zero-order chi connectivity index (χ0) is 12.4. The number of hydrogen-bond acceptors (Lipinski definition) is 3. The summed E-state index contributed by atoms with van der Waals surface area (Å²) < 4.78 is 0. The lowest BCUT2D eigenvalue weighted by Crippen LogP contribution is -1.94. The zero-order valence-electron chi connectivity index (χ0n) is 9.88. The second-order valence-corrected chi connectivity index (χ2v) is 4.25. The maximum absolute atomic E-state index is 5.70. The van der Waals surface area contributed by atoms with Crippen LogP contribution in [-0.2, 0) is 6.42 Å². The van der Waals surface area contributed by atoms with E-state index in [9.17, 15) is 0 Å². The van der Waals surface area contributed by atoms with Crippen molar-refractivity contribution in [3.05, 3.63) is 66.0 Å². The number of nitrogen functional groups attached to an aromatic ring is 1. The number of anilines is 1. The first-order chi connectivity index (χ1) is 8.83. The van der Waals surface area contributed by atoms with Gasteiger partial charge in [-0.05, 0) is 41.8 Å².